The Balaban J connectivity index is 1.49. The number of quaternary nitrogens is 1. The lowest BCUT2D eigenvalue weighted by atomic mass is 10.0. The van der Waals surface area contributed by atoms with Gasteiger partial charge in [-0.1, -0.05) is 11.6 Å². The van der Waals surface area contributed by atoms with Crippen molar-refractivity contribution >= 4 is 23.2 Å². The fraction of sp³-hybridized carbons (Fsp3) is 0.409. The summed E-state index contributed by atoms with van der Waals surface area (Å²) in [7, 11) is 0. The van der Waals surface area contributed by atoms with Gasteiger partial charge in [0.2, 0.25) is 0 Å². The highest BCUT2D eigenvalue weighted by molar-refractivity contribution is 6.30. The Morgan fingerprint density at radius 3 is 2.64 bits per heavy atom. The lowest BCUT2D eigenvalue weighted by Crippen LogP contribution is -3.15. The summed E-state index contributed by atoms with van der Waals surface area (Å²) < 4.78 is 11.6. The molecule has 2 heterocycles. The van der Waals surface area contributed by atoms with Crippen LogP contribution < -0.4 is 19.7 Å². The van der Waals surface area contributed by atoms with Crippen LogP contribution in [-0.2, 0) is 4.79 Å². The van der Waals surface area contributed by atoms with E-state index in [1.165, 1.54) is 10.5 Å². The first kappa shape index (κ1) is 19.1. The van der Waals surface area contributed by atoms with Crippen LogP contribution in [0.4, 0.5) is 5.69 Å². The van der Waals surface area contributed by atoms with Crippen molar-refractivity contribution in [2.75, 3.05) is 25.1 Å². The molecule has 1 fully saturated rings. The molecule has 0 bridgehead atoms. The lowest BCUT2D eigenvalue weighted by molar-refractivity contribution is -0.932. The molecular weight excluding hydrogens is 376 g/mol. The number of carbonyl (C=O) groups excluding carboxylic acids is 1. The summed E-state index contributed by atoms with van der Waals surface area (Å²) in [5.41, 5.74) is 1.98. The van der Waals surface area contributed by atoms with Crippen LogP contribution >= 0.6 is 11.6 Å². The minimum atomic E-state index is -0.154. The second-order valence-electron chi connectivity index (χ2n) is 7.49. The van der Waals surface area contributed by atoms with Crippen LogP contribution in [-0.4, -0.2) is 31.7 Å². The van der Waals surface area contributed by atoms with Gasteiger partial charge in [0.15, 0.2) is 17.5 Å². The van der Waals surface area contributed by atoms with Crippen molar-refractivity contribution in [2.24, 2.45) is 0 Å². The van der Waals surface area contributed by atoms with Gasteiger partial charge in [-0.3, -0.25) is 4.79 Å². The first-order chi connectivity index (χ1) is 13.6. The molecule has 1 amide bonds. The van der Waals surface area contributed by atoms with Crippen molar-refractivity contribution in [1.82, 2.24) is 0 Å². The summed E-state index contributed by atoms with van der Waals surface area (Å²) in [5.74, 6) is 1.66. The van der Waals surface area contributed by atoms with Crippen LogP contribution in [0.15, 0.2) is 42.5 Å². The largest absolute Gasteiger partial charge is 0.490 e. The molecular formula is C22H26ClN2O3+. The van der Waals surface area contributed by atoms with Gasteiger partial charge < -0.3 is 19.7 Å². The minimum absolute atomic E-state index is 0.0264. The summed E-state index contributed by atoms with van der Waals surface area (Å²) in [6.45, 7) is 4.35. The zero-order valence-corrected chi connectivity index (χ0v) is 16.8. The number of hydrogen-bond acceptors (Lipinski definition) is 3. The zero-order valence-electron chi connectivity index (χ0n) is 16.0. The fourth-order valence-corrected chi connectivity index (χ4v) is 4.24. The van der Waals surface area contributed by atoms with Gasteiger partial charge in [0.1, 0.15) is 6.04 Å². The summed E-state index contributed by atoms with van der Waals surface area (Å²) in [5, 5.41) is 3.67. The van der Waals surface area contributed by atoms with Gasteiger partial charge >= 0.3 is 0 Å². The molecule has 2 aromatic carbocycles. The van der Waals surface area contributed by atoms with Gasteiger partial charge in [0.05, 0.1) is 19.8 Å². The first-order valence-corrected chi connectivity index (χ1v) is 10.3. The highest BCUT2D eigenvalue weighted by Crippen LogP contribution is 2.33. The Kier molecular flexibility index (Phi) is 5.74. The van der Waals surface area contributed by atoms with E-state index in [0.29, 0.717) is 18.2 Å². The first-order valence-electron chi connectivity index (χ1n) is 9.93. The maximum atomic E-state index is 12.8. The van der Waals surface area contributed by atoms with E-state index in [0.717, 1.165) is 43.0 Å². The molecule has 0 aromatic heterocycles. The monoisotopic (exact) mass is 401 g/mol. The van der Waals surface area contributed by atoms with Crippen molar-refractivity contribution in [2.45, 2.75) is 38.3 Å². The number of carbonyl (C=O) groups is 1. The molecule has 0 radical (unpaired) electrons. The number of hydrogen-bond donors (Lipinski definition) is 2. The van der Waals surface area contributed by atoms with Crippen molar-refractivity contribution in [3.05, 3.63) is 53.1 Å². The normalized spacial score (nSPS) is 22.4. The number of likely N-dealkylation sites (tertiary alicyclic amines) is 1. The molecule has 3 atom stereocenters. The van der Waals surface area contributed by atoms with E-state index < -0.39 is 0 Å². The number of nitrogens with one attached hydrogen (secondary N) is 2. The van der Waals surface area contributed by atoms with Crippen LogP contribution in [0.3, 0.4) is 0 Å². The van der Waals surface area contributed by atoms with Crippen molar-refractivity contribution < 1.29 is 19.2 Å². The van der Waals surface area contributed by atoms with Gasteiger partial charge in [0.25, 0.3) is 5.91 Å². The van der Waals surface area contributed by atoms with Gasteiger partial charge in [-0.25, -0.2) is 0 Å². The standard InChI is InChI=1S/C22H25ClN2O3/c1-15(22(26)24-18-8-6-17(23)7-9-18)25-11-2-4-19(25)16-5-10-20-21(14-16)28-13-3-12-27-20/h5-10,14-15,19H,2-4,11-13H2,1H3,(H,24,26)/p+1/t15-,19+/m0/s1. The number of ether oxygens (including phenoxy) is 2. The van der Waals surface area contributed by atoms with Crippen molar-refractivity contribution in [1.29, 1.82) is 0 Å². The van der Waals surface area contributed by atoms with Gasteiger partial charge in [-0.15, -0.1) is 0 Å². The topological polar surface area (TPSA) is 52.0 Å². The van der Waals surface area contributed by atoms with E-state index >= 15 is 0 Å². The second-order valence-corrected chi connectivity index (χ2v) is 7.93. The maximum absolute atomic E-state index is 12.8. The molecule has 0 aliphatic carbocycles. The fourth-order valence-electron chi connectivity index (χ4n) is 4.12. The Bertz CT molecular complexity index is 840. The second kappa shape index (κ2) is 8.41. The Morgan fingerprint density at radius 2 is 1.86 bits per heavy atom. The molecule has 28 heavy (non-hydrogen) atoms. The average molecular weight is 402 g/mol. The Morgan fingerprint density at radius 1 is 1.11 bits per heavy atom. The number of fused-ring (bicyclic) bond motifs is 1. The predicted molar refractivity (Wildman–Crippen MR) is 109 cm³/mol. The third-order valence-electron chi connectivity index (χ3n) is 5.64. The van der Waals surface area contributed by atoms with E-state index in [4.69, 9.17) is 21.1 Å². The van der Waals surface area contributed by atoms with Gasteiger partial charge in [-0.2, -0.15) is 0 Å². The molecule has 0 spiro atoms. The summed E-state index contributed by atoms with van der Waals surface area (Å²) in [6.07, 6.45) is 3.06. The number of halogens is 1. The van der Waals surface area contributed by atoms with Crippen LogP contribution in [0.25, 0.3) is 0 Å². The molecule has 148 valence electrons. The van der Waals surface area contributed by atoms with Crippen LogP contribution in [0.1, 0.15) is 37.8 Å². The minimum Gasteiger partial charge on any atom is -0.490 e. The lowest BCUT2D eigenvalue weighted by Gasteiger charge is -2.27. The van der Waals surface area contributed by atoms with E-state index in [9.17, 15) is 4.79 Å². The van der Waals surface area contributed by atoms with Crippen LogP contribution in [0, 0.1) is 0 Å². The van der Waals surface area contributed by atoms with Crippen LogP contribution in [0.5, 0.6) is 11.5 Å². The molecule has 0 saturated carbocycles. The maximum Gasteiger partial charge on any atom is 0.282 e. The highest BCUT2D eigenvalue weighted by atomic mass is 35.5. The molecule has 5 nitrogen and oxygen atoms in total. The van der Waals surface area contributed by atoms with Crippen molar-refractivity contribution in [3.8, 4) is 11.5 Å². The van der Waals surface area contributed by atoms with Gasteiger partial charge in [0, 0.05) is 35.5 Å². The quantitative estimate of drug-likeness (QED) is 0.826. The zero-order chi connectivity index (χ0) is 19.5. The third-order valence-corrected chi connectivity index (χ3v) is 5.89. The predicted octanol–water partition coefficient (Wildman–Crippen LogP) is 3.25. The number of benzene rings is 2. The summed E-state index contributed by atoms with van der Waals surface area (Å²) in [6, 6.07) is 13.6. The third kappa shape index (κ3) is 4.10. The Hall–Kier alpha value is -2.24. The number of anilines is 1. The molecule has 4 rings (SSSR count). The summed E-state index contributed by atoms with van der Waals surface area (Å²) >= 11 is 5.93. The molecule has 2 aliphatic rings. The molecule has 2 aliphatic heterocycles. The van der Waals surface area contributed by atoms with E-state index in [1.807, 2.05) is 25.1 Å². The Labute approximate surface area is 170 Å². The van der Waals surface area contributed by atoms with E-state index in [-0.39, 0.29) is 18.0 Å². The van der Waals surface area contributed by atoms with Crippen LogP contribution in [0.2, 0.25) is 5.02 Å². The molecule has 1 saturated heterocycles. The molecule has 1 unspecified atom stereocenters. The van der Waals surface area contributed by atoms with Gasteiger partial charge in [-0.05, 0) is 49.4 Å². The molecule has 2 aromatic rings. The van der Waals surface area contributed by atoms with Crippen molar-refractivity contribution in [3.63, 3.8) is 0 Å². The van der Waals surface area contributed by atoms with E-state index in [1.54, 1.807) is 12.1 Å². The number of rotatable bonds is 4. The number of amides is 1. The molecule has 2 N–H and O–H groups in total. The summed E-state index contributed by atoms with van der Waals surface area (Å²) in [4.78, 5) is 14.1. The average Bonchev–Trinajstić information content (AvgIpc) is 3.07. The van der Waals surface area contributed by atoms with E-state index in [2.05, 4.69) is 17.4 Å². The smallest absolute Gasteiger partial charge is 0.282 e. The molecule has 6 heteroatoms. The SMILES string of the molecule is C[C@@H](C(=O)Nc1ccc(Cl)cc1)[NH+]1CCC[C@@H]1c1ccc2c(c1)OCCCO2. The highest BCUT2D eigenvalue weighted by Gasteiger charge is 2.37.